The molecule has 11 rings (SSSR count). The van der Waals surface area contributed by atoms with Gasteiger partial charge in [-0.15, -0.1) is 0 Å². The van der Waals surface area contributed by atoms with Crippen molar-refractivity contribution in [3.05, 3.63) is 243 Å². The van der Waals surface area contributed by atoms with Gasteiger partial charge in [0.05, 0.1) is 11.0 Å². The van der Waals surface area contributed by atoms with Gasteiger partial charge < -0.3 is 9.47 Å². The highest BCUT2D eigenvalue weighted by Gasteiger charge is 2.17. The van der Waals surface area contributed by atoms with E-state index < -0.39 is 0 Å². The van der Waals surface area contributed by atoms with Crippen molar-refractivity contribution < 1.29 is 0 Å². The fraction of sp³-hybridized carbons (Fsp3) is 0. The monoisotopic (exact) mass is 764 g/mol. The molecule has 282 valence electrons. The Hall–Kier alpha value is -7.94. The number of fused-ring (bicyclic) bond motifs is 5. The number of hydrogen-bond acceptors (Lipinski definition) is 1. The molecule has 2 heteroatoms. The molecule has 0 aliphatic rings. The molecule has 1 aromatic heterocycles. The van der Waals surface area contributed by atoms with Crippen LogP contribution in [0.15, 0.2) is 243 Å². The number of para-hydroxylation sites is 1. The summed E-state index contributed by atoms with van der Waals surface area (Å²) < 4.78 is 2.42. The highest BCUT2D eigenvalue weighted by molar-refractivity contribution is 6.21. The van der Waals surface area contributed by atoms with Gasteiger partial charge in [-0.3, -0.25) is 0 Å². The molecule has 0 atom stereocenters. The van der Waals surface area contributed by atoms with Gasteiger partial charge in [0.25, 0.3) is 0 Å². The first-order chi connectivity index (χ1) is 29.7. The van der Waals surface area contributed by atoms with Crippen LogP contribution < -0.4 is 4.90 Å². The summed E-state index contributed by atoms with van der Waals surface area (Å²) in [5.74, 6) is 0. The summed E-state index contributed by atoms with van der Waals surface area (Å²) in [6, 6.07) is 87.8. The Morgan fingerprint density at radius 2 is 0.733 bits per heavy atom. The molecule has 0 bridgehead atoms. The Balaban J connectivity index is 0.985. The average molecular weight is 765 g/mol. The summed E-state index contributed by atoms with van der Waals surface area (Å²) in [5, 5.41) is 5.09. The predicted molar refractivity (Wildman–Crippen MR) is 255 cm³/mol. The lowest BCUT2D eigenvalue weighted by molar-refractivity contribution is 1.18. The van der Waals surface area contributed by atoms with Crippen molar-refractivity contribution in [3.8, 4) is 50.2 Å². The van der Waals surface area contributed by atoms with E-state index in [-0.39, 0.29) is 0 Å². The Labute approximate surface area is 350 Å². The molecular formula is C58H40N2. The molecular weight excluding hydrogens is 725 g/mol. The molecule has 0 aliphatic heterocycles. The van der Waals surface area contributed by atoms with Crippen molar-refractivity contribution in [3.63, 3.8) is 0 Å². The molecule has 10 aromatic carbocycles. The minimum Gasteiger partial charge on any atom is -0.310 e. The molecule has 0 saturated carbocycles. The van der Waals surface area contributed by atoms with Crippen molar-refractivity contribution in [1.82, 2.24) is 4.57 Å². The summed E-state index contributed by atoms with van der Waals surface area (Å²) in [6.45, 7) is 0. The normalized spacial score (nSPS) is 11.3. The van der Waals surface area contributed by atoms with Gasteiger partial charge in [0.1, 0.15) is 0 Å². The zero-order valence-electron chi connectivity index (χ0n) is 33.0. The minimum absolute atomic E-state index is 1.09. The van der Waals surface area contributed by atoms with Crippen LogP contribution >= 0.6 is 0 Å². The molecule has 0 spiro atoms. The van der Waals surface area contributed by atoms with Gasteiger partial charge in [-0.1, -0.05) is 182 Å². The largest absolute Gasteiger partial charge is 0.310 e. The third kappa shape index (κ3) is 6.41. The van der Waals surface area contributed by atoms with Gasteiger partial charge in [-0.2, -0.15) is 0 Å². The van der Waals surface area contributed by atoms with Crippen molar-refractivity contribution in [2.45, 2.75) is 0 Å². The van der Waals surface area contributed by atoms with Crippen LogP contribution in [0.2, 0.25) is 0 Å². The Kier molecular flexibility index (Phi) is 8.87. The smallest absolute Gasteiger partial charge is 0.0547 e. The number of rotatable bonds is 8. The highest BCUT2D eigenvalue weighted by Crippen LogP contribution is 2.40. The fourth-order valence-corrected chi connectivity index (χ4v) is 8.84. The van der Waals surface area contributed by atoms with Crippen LogP contribution in [0.25, 0.3) is 82.8 Å². The predicted octanol–water partition coefficient (Wildman–Crippen LogP) is 16.1. The first-order valence-electron chi connectivity index (χ1n) is 20.6. The number of benzene rings is 10. The highest BCUT2D eigenvalue weighted by atomic mass is 15.1. The number of aromatic nitrogens is 1. The lowest BCUT2D eigenvalue weighted by atomic mass is 10.00. The molecule has 60 heavy (non-hydrogen) atoms. The summed E-state index contributed by atoms with van der Waals surface area (Å²) in [7, 11) is 0. The topological polar surface area (TPSA) is 8.17 Å². The molecule has 2 nitrogen and oxygen atoms in total. The van der Waals surface area contributed by atoms with E-state index in [2.05, 4.69) is 252 Å². The van der Waals surface area contributed by atoms with Crippen molar-refractivity contribution >= 4 is 49.6 Å². The SMILES string of the molecule is c1ccc(-c2ccc(-c3ccc(N(c4ccc(-c5ccccc5)cc4)c4cccc(-c5cccc(-n6c7ccccc7c7c8ccccc8ccc76)c5)c4)cc3)cc2)cc1. The van der Waals surface area contributed by atoms with E-state index in [1.165, 1.54) is 66.0 Å². The molecule has 11 aromatic rings. The Morgan fingerprint density at radius 1 is 0.267 bits per heavy atom. The van der Waals surface area contributed by atoms with Crippen LogP contribution in [0.1, 0.15) is 0 Å². The van der Waals surface area contributed by atoms with E-state index in [0.29, 0.717) is 0 Å². The third-order valence-electron chi connectivity index (χ3n) is 11.8. The second-order valence-electron chi connectivity index (χ2n) is 15.4. The van der Waals surface area contributed by atoms with Gasteiger partial charge in [0, 0.05) is 33.5 Å². The van der Waals surface area contributed by atoms with Crippen molar-refractivity contribution in [1.29, 1.82) is 0 Å². The first kappa shape index (κ1) is 35.2. The zero-order chi connectivity index (χ0) is 39.8. The van der Waals surface area contributed by atoms with Crippen molar-refractivity contribution in [2.24, 2.45) is 0 Å². The average Bonchev–Trinajstić information content (AvgIpc) is 3.68. The van der Waals surface area contributed by atoms with Crippen LogP contribution in [-0.2, 0) is 0 Å². The summed E-state index contributed by atoms with van der Waals surface area (Å²) >= 11 is 0. The van der Waals surface area contributed by atoms with Crippen LogP contribution in [-0.4, -0.2) is 4.57 Å². The lowest BCUT2D eigenvalue weighted by Gasteiger charge is -2.26. The molecule has 0 radical (unpaired) electrons. The minimum atomic E-state index is 1.09. The number of hydrogen-bond donors (Lipinski definition) is 0. The van der Waals surface area contributed by atoms with E-state index in [0.717, 1.165) is 33.9 Å². The summed E-state index contributed by atoms with van der Waals surface area (Å²) in [5.41, 5.74) is 16.4. The molecule has 0 N–H and O–H groups in total. The van der Waals surface area contributed by atoms with E-state index in [9.17, 15) is 0 Å². The second kappa shape index (κ2) is 15.1. The second-order valence-corrected chi connectivity index (χ2v) is 15.4. The molecule has 0 fully saturated rings. The number of anilines is 3. The fourth-order valence-electron chi connectivity index (χ4n) is 8.84. The molecule has 0 unspecified atom stereocenters. The van der Waals surface area contributed by atoms with Gasteiger partial charge >= 0.3 is 0 Å². The molecule has 0 aliphatic carbocycles. The van der Waals surface area contributed by atoms with Gasteiger partial charge in [0.2, 0.25) is 0 Å². The molecule has 1 heterocycles. The van der Waals surface area contributed by atoms with Crippen LogP contribution in [0, 0.1) is 0 Å². The van der Waals surface area contributed by atoms with E-state index in [4.69, 9.17) is 0 Å². The van der Waals surface area contributed by atoms with E-state index >= 15 is 0 Å². The molecule has 0 saturated heterocycles. The lowest BCUT2D eigenvalue weighted by Crippen LogP contribution is -2.10. The van der Waals surface area contributed by atoms with E-state index in [1.807, 2.05) is 0 Å². The summed E-state index contributed by atoms with van der Waals surface area (Å²) in [4.78, 5) is 2.36. The maximum Gasteiger partial charge on any atom is 0.0547 e. The molecule has 0 amide bonds. The number of nitrogens with zero attached hydrogens (tertiary/aromatic N) is 2. The Bertz CT molecular complexity index is 3270. The quantitative estimate of drug-likeness (QED) is 0.150. The standard InChI is InChI=1S/C58H40N2/c1-3-13-41(14-4-1)43-25-27-44(28-26-43)46-31-36-51(37-32-46)59(50-34-29-45(30-35-50)42-15-5-2-6-16-42)52-20-11-18-48(39-52)49-19-12-21-53(40-49)60-56-24-10-9-23-55(56)58-54-22-8-7-17-47(54)33-38-57(58)60/h1-40H. The van der Waals surface area contributed by atoms with Crippen LogP contribution in [0.4, 0.5) is 17.1 Å². The maximum atomic E-state index is 2.42. The van der Waals surface area contributed by atoms with E-state index in [1.54, 1.807) is 0 Å². The maximum absolute atomic E-state index is 2.42. The Morgan fingerprint density at radius 3 is 1.35 bits per heavy atom. The third-order valence-corrected chi connectivity index (χ3v) is 11.8. The van der Waals surface area contributed by atoms with Gasteiger partial charge in [-0.25, -0.2) is 0 Å². The first-order valence-corrected chi connectivity index (χ1v) is 20.6. The van der Waals surface area contributed by atoms with Gasteiger partial charge in [0.15, 0.2) is 0 Å². The van der Waals surface area contributed by atoms with Crippen molar-refractivity contribution in [2.75, 3.05) is 4.90 Å². The van der Waals surface area contributed by atoms with Crippen LogP contribution in [0.5, 0.6) is 0 Å². The van der Waals surface area contributed by atoms with Crippen LogP contribution in [0.3, 0.4) is 0 Å². The zero-order valence-corrected chi connectivity index (χ0v) is 33.0. The summed E-state index contributed by atoms with van der Waals surface area (Å²) in [6.07, 6.45) is 0. The van der Waals surface area contributed by atoms with Gasteiger partial charge in [-0.05, 0) is 116 Å².